The van der Waals surface area contributed by atoms with E-state index in [-0.39, 0.29) is 0 Å². The van der Waals surface area contributed by atoms with E-state index in [1.54, 1.807) is 0 Å². The summed E-state index contributed by atoms with van der Waals surface area (Å²) in [5.74, 6) is 0. The first-order chi connectivity index (χ1) is 31.7. The van der Waals surface area contributed by atoms with Crippen molar-refractivity contribution < 1.29 is 4.42 Å². The summed E-state index contributed by atoms with van der Waals surface area (Å²) in [5, 5.41) is 4.84. The maximum Gasteiger partial charge on any atom is 0.159 e. The number of rotatable bonds is 7. The molecule has 0 unspecified atom stereocenters. The van der Waals surface area contributed by atoms with Gasteiger partial charge in [-0.15, -0.1) is 11.3 Å². The minimum Gasteiger partial charge on any atom is -0.454 e. The third-order valence-electron chi connectivity index (χ3n) is 13.4. The predicted molar refractivity (Wildman–Crippen MR) is 269 cm³/mol. The zero-order valence-electron chi connectivity index (χ0n) is 34.8. The number of furan rings is 1. The van der Waals surface area contributed by atoms with Crippen molar-refractivity contribution in [2.75, 3.05) is 4.90 Å². The molecule has 2 nitrogen and oxygen atoms in total. The lowest BCUT2D eigenvalue weighted by molar-refractivity contribution is 0.669. The van der Waals surface area contributed by atoms with Gasteiger partial charge in [-0.25, -0.2) is 0 Å². The number of hydrogen-bond acceptors (Lipinski definition) is 3. The summed E-state index contributed by atoms with van der Waals surface area (Å²) in [6.45, 7) is 0. The van der Waals surface area contributed by atoms with Crippen LogP contribution in [0.5, 0.6) is 0 Å². The van der Waals surface area contributed by atoms with Gasteiger partial charge in [-0.1, -0.05) is 176 Å². The Morgan fingerprint density at radius 2 is 0.953 bits per heavy atom. The van der Waals surface area contributed by atoms with Gasteiger partial charge in [0.25, 0.3) is 0 Å². The van der Waals surface area contributed by atoms with Crippen LogP contribution in [0.3, 0.4) is 0 Å². The highest BCUT2D eigenvalue weighted by molar-refractivity contribution is 7.25. The first-order valence-corrected chi connectivity index (χ1v) is 22.7. The standard InChI is InChI=1S/C61H39NOS/c1-3-17-44(18-4-1)61(45-19-5-2-6-20-45)54-25-10-7-21-48(54)52-39-47(34-35-55(52)61)62(56-26-14-24-51-49-22-8-11-27-57(49)63-60(51)56)46-32-29-40(30-33-46)41-15-13-16-42(37-41)43-31-36-59-53(38-43)50-23-9-12-28-58(50)64-59/h1-39H. The fourth-order valence-electron chi connectivity index (χ4n) is 10.5. The van der Waals surface area contributed by atoms with Crippen molar-refractivity contribution in [3.63, 3.8) is 0 Å². The van der Waals surface area contributed by atoms with Crippen LogP contribution in [0, 0.1) is 0 Å². The van der Waals surface area contributed by atoms with E-state index in [4.69, 9.17) is 4.42 Å². The average molecular weight is 834 g/mol. The Morgan fingerprint density at radius 3 is 1.77 bits per heavy atom. The van der Waals surface area contributed by atoms with Crippen molar-refractivity contribution in [1.29, 1.82) is 0 Å². The van der Waals surface area contributed by atoms with Crippen molar-refractivity contribution in [2.24, 2.45) is 0 Å². The molecule has 0 N–H and O–H groups in total. The molecule has 64 heavy (non-hydrogen) atoms. The zero-order chi connectivity index (χ0) is 42.2. The van der Waals surface area contributed by atoms with Gasteiger partial charge in [0.05, 0.1) is 11.1 Å². The monoisotopic (exact) mass is 833 g/mol. The molecule has 0 atom stereocenters. The van der Waals surface area contributed by atoms with E-state index >= 15 is 0 Å². The van der Waals surface area contributed by atoms with Crippen molar-refractivity contribution in [1.82, 2.24) is 0 Å². The quantitative estimate of drug-likeness (QED) is 0.159. The first kappa shape index (κ1) is 36.7. The second-order valence-electron chi connectivity index (χ2n) is 16.8. The number of fused-ring (bicyclic) bond motifs is 9. The van der Waals surface area contributed by atoms with Gasteiger partial charge in [-0.05, 0) is 116 Å². The second kappa shape index (κ2) is 14.6. The topological polar surface area (TPSA) is 16.4 Å². The van der Waals surface area contributed by atoms with Crippen molar-refractivity contribution >= 4 is 70.5 Å². The molecule has 1 aliphatic carbocycles. The lowest BCUT2D eigenvalue weighted by Crippen LogP contribution is -2.28. The van der Waals surface area contributed by atoms with Gasteiger partial charge < -0.3 is 9.32 Å². The van der Waals surface area contributed by atoms with Gasteiger partial charge in [-0.2, -0.15) is 0 Å². The van der Waals surface area contributed by atoms with Crippen LogP contribution in [0.25, 0.3) is 75.5 Å². The number of anilines is 3. The van der Waals surface area contributed by atoms with E-state index in [0.717, 1.165) is 44.6 Å². The lowest BCUT2D eigenvalue weighted by Gasteiger charge is -2.34. The Morgan fingerprint density at radius 1 is 0.359 bits per heavy atom. The predicted octanol–water partition coefficient (Wildman–Crippen LogP) is 17.1. The fraction of sp³-hybridized carbons (Fsp3) is 0.0164. The van der Waals surface area contributed by atoms with Crippen LogP contribution in [0.15, 0.2) is 241 Å². The Hall–Kier alpha value is -7.98. The Kier molecular flexibility index (Phi) is 8.34. The largest absolute Gasteiger partial charge is 0.454 e. The number of para-hydroxylation sites is 2. The average Bonchev–Trinajstić information content (AvgIpc) is 4.03. The SMILES string of the molecule is c1ccc(C2(c3ccccc3)c3ccccc3-c3cc(N(c4ccc(-c5cccc(-c6ccc7sc8ccccc8c7c6)c5)cc4)c4cccc5c4oc4ccccc45)ccc32)cc1. The van der Waals surface area contributed by atoms with Gasteiger partial charge >= 0.3 is 0 Å². The summed E-state index contributed by atoms with van der Waals surface area (Å²) >= 11 is 1.86. The number of thiophene rings is 1. The third kappa shape index (κ3) is 5.58. The Labute approximate surface area is 375 Å². The van der Waals surface area contributed by atoms with Crippen LogP contribution < -0.4 is 4.90 Å². The maximum atomic E-state index is 6.76. The van der Waals surface area contributed by atoms with E-state index in [2.05, 4.69) is 235 Å². The summed E-state index contributed by atoms with van der Waals surface area (Å²) in [7, 11) is 0. The van der Waals surface area contributed by atoms with E-state index < -0.39 is 5.41 Å². The summed E-state index contributed by atoms with van der Waals surface area (Å²) in [4.78, 5) is 2.37. The number of hydrogen-bond donors (Lipinski definition) is 0. The number of benzene rings is 10. The summed E-state index contributed by atoms with van der Waals surface area (Å²) in [6, 6.07) is 86.4. The van der Waals surface area contributed by atoms with Crippen LogP contribution in [-0.4, -0.2) is 0 Å². The molecule has 0 radical (unpaired) electrons. The molecule has 0 saturated heterocycles. The van der Waals surface area contributed by atoms with Gasteiger partial charge in [0.2, 0.25) is 0 Å². The van der Waals surface area contributed by atoms with Crippen molar-refractivity contribution in [3.8, 4) is 33.4 Å². The normalized spacial score (nSPS) is 12.8. The summed E-state index contributed by atoms with van der Waals surface area (Å²) < 4.78 is 9.40. The van der Waals surface area contributed by atoms with E-state index in [1.165, 1.54) is 70.2 Å². The molecule has 0 bridgehead atoms. The molecule has 300 valence electrons. The summed E-state index contributed by atoms with van der Waals surface area (Å²) in [5.41, 5.74) is 16.7. The fourth-order valence-corrected chi connectivity index (χ4v) is 11.6. The lowest BCUT2D eigenvalue weighted by atomic mass is 9.68. The van der Waals surface area contributed by atoms with Gasteiger partial charge in [0.1, 0.15) is 5.58 Å². The third-order valence-corrected chi connectivity index (χ3v) is 14.5. The molecule has 0 saturated carbocycles. The Bertz CT molecular complexity index is 3690. The smallest absolute Gasteiger partial charge is 0.159 e. The van der Waals surface area contributed by atoms with E-state index in [9.17, 15) is 0 Å². The molecule has 10 aromatic carbocycles. The van der Waals surface area contributed by atoms with Crippen LogP contribution in [-0.2, 0) is 5.41 Å². The molecule has 12 aromatic rings. The minimum atomic E-state index is -0.476. The molecule has 0 amide bonds. The molecule has 2 aromatic heterocycles. The first-order valence-electron chi connectivity index (χ1n) is 21.9. The van der Waals surface area contributed by atoms with Crippen molar-refractivity contribution in [3.05, 3.63) is 259 Å². The van der Waals surface area contributed by atoms with Crippen LogP contribution in [0.2, 0.25) is 0 Å². The molecule has 0 fully saturated rings. The van der Waals surface area contributed by atoms with E-state index in [0.29, 0.717) is 0 Å². The highest BCUT2D eigenvalue weighted by Gasteiger charge is 2.46. The molecule has 13 rings (SSSR count). The zero-order valence-corrected chi connectivity index (χ0v) is 35.6. The van der Waals surface area contributed by atoms with E-state index in [1.807, 2.05) is 17.4 Å². The van der Waals surface area contributed by atoms with Crippen LogP contribution in [0.4, 0.5) is 17.1 Å². The van der Waals surface area contributed by atoms with Gasteiger partial charge in [0, 0.05) is 42.3 Å². The molecule has 0 aliphatic heterocycles. The molecule has 3 heteroatoms. The van der Waals surface area contributed by atoms with Crippen LogP contribution in [0.1, 0.15) is 22.3 Å². The summed E-state index contributed by atoms with van der Waals surface area (Å²) in [6.07, 6.45) is 0. The maximum absolute atomic E-state index is 6.76. The number of nitrogens with zero attached hydrogens (tertiary/aromatic N) is 1. The minimum absolute atomic E-state index is 0.476. The second-order valence-corrected chi connectivity index (χ2v) is 17.9. The molecular formula is C61H39NOS. The van der Waals surface area contributed by atoms with Gasteiger partial charge in [0.15, 0.2) is 5.58 Å². The molecule has 1 aliphatic rings. The highest BCUT2D eigenvalue weighted by atomic mass is 32.1. The molecule has 0 spiro atoms. The van der Waals surface area contributed by atoms with Crippen LogP contribution >= 0.6 is 11.3 Å². The molecule has 2 heterocycles. The Balaban J connectivity index is 0.965. The highest BCUT2D eigenvalue weighted by Crippen LogP contribution is 2.57. The van der Waals surface area contributed by atoms with Gasteiger partial charge in [-0.3, -0.25) is 0 Å². The van der Waals surface area contributed by atoms with Crippen molar-refractivity contribution in [2.45, 2.75) is 5.41 Å². The molecular weight excluding hydrogens is 795 g/mol.